The number of aromatic nitrogens is 2. The van der Waals surface area contributed by atoms with E-state index in [-0.39, 0.29) is 6.04 Å². The number of benzene rings is 1. The van der Waals surface area contributed by atoms with E-state index >= 15 is 0 Å². The topological polar surface area (TPSA) is 66.0 Å². The normalized spacial score (nSPS) is 15.7. The highest BCUT2D eigenvalue weighted by atomic mass is 16.4. The molecule has 0 unspecified atom stereocenters. The zero-order valence-corrected chi connectivity index (χ0v) is 13.0. The Morgan fingerprint density at radius 3 is 2.64 bits per heavy atom. The first-order chi connectivity index (χ1) is 10.7. The molecule has 1 heterocycles. The number of hydrogen-bond acceptors (Lipinski definition) is 5. The molecule has 1 aromatic heterocycles. The minimum absolute atomic E-state index is 0.231. The molecular weight excluding hydrogens is 276 g/mol. The molecule has 0 amide bonds. The van der Waals surface area contributed by atoms with Crippen LogP contribution in [0, 0.1) is 11.3 Å². The second kappa shape index (κ2) is 6.29. The highest BCUT2D eigenvalue weighted by Gasteiger charge is 2.29. The molecule has 1 saturated carbocycles. The van der Waals surface area contributed by atoms with Crippen molar-refractivity contribution >= 4 is 0 Å². The second-order valence-electron chi connectivity index (χ2n) is 5.78. The summed E-state index contributed by atoms with van der Waals surface area (Å²) < 4.78 is 5.76. The van der Waals surface area contributed by atoms with E-state index < -0.39 is 0 Å². The van der Waals surface area contributed by atoms with Gasteiger partial charge >= 0.3 is 0 Å². The minimum atomic E-state index is 0.231. The molecule has 0 N–H and O–H groups in total. The fourth-order valence-electron chi connectivity index (χ4n) is 2.57. The van der Waals surface area contributed by atoms with Gasteiger partial charge in [0.1, 0.15) is 0 Å². The fraction of sp³-hybridized carbons (Fsp3) is 0.471. The smallest absolute Gasteiger partial charge is 0.230 e. The summed E-state index contributed by atoms with van der Waals surface area (Å²) in [5.41, 5.74) is 1.87. The van der Waals surface area contributed by atoms with Crippen LogP contribution in [0.5, 0.6) is 0 Å². The van der Waals surface area contributed by atoms with Crippen LogP contribution in [0.2, 0.25) is 0 Å². The molecule has 1 atom stereocenters. The maximum Gasteiger partial charge on any atom is 0.230 e. The lowest BCUT2D eigenvalue weighted by molar-refractivity contribution is 0.191. The number of nitriles is 1. The van der Waals surface area contributed by atoms with Gasteiger partial charge in [-0.05, 0) is 44.0 Å². The van der Waals surface area contributed by atoms with Gasteiger partial charge in [0.25, 0.3) is 0 Å². The lowest BCUT2D eigenvalue weighted by atomic mass is 10.1. The second-order valence-corrected chi connectivity index (χ2v) is 5.78. The van der Waals surface area contributed by atoms with Crippen LogP contribution in [-0.2, 0) is 6.54 Å². The first kappa shape index (κ1) is 14.7. The van der Waals surface area contributed by atoms with Gasteiger partial charge in [0.2, 0.25) is 11.8 Å². The highest BCUT2D eigenvalue weighted by Crippen LogP contribution is 2.39. The van der Waals surface area contributed by atoms with Crippen molar-refractivity contribution in [1.82, 2.24) is 15.1 Å². The maximum absolute atomic E-state index is 8.88. The Morgan fingerprint density at radius 1 is 1.32 bits per heavy atom. The Bertz CT molecular complexity index is 667. The molecule has 0 saturated heterocycles. The molecule has 114 valence electrons. The van der Waals surface area contributed by atoms with Crippen molar-refractivity contribution in [3.63, 3.8) is 0 Å². The first-order valence-corrected chi connectivity index (χ1v) is 7.77. The van der Waals surface area contributed by atoms with Crippen LogP contribution in [0.25, 0.3) is 0 Å². The van der Waals surface area contributed by atoms with Crippen molar-refractivity contribution in [3.05, 3.63) is 47.2 Å². The van der Waals surface area contributed by atoms with Gasteiger partial charge in [0, 0.05) is 12.0 Å². The predicted molar refractivity (Wildman–Crippen MR) is 81.9 cm³/mol. The van der Waals surface area contributed by atoms with Gasteiger partial charge in [-0.25, -0.2) is 0 Å². The molecule has 2 aromatic rings. The third kappa shape index (κ3) is 3.18. The molecule has 0 radical (unpaired) electrons. The van der Waals surface area contributed by atoms with Crippen LogP contribution >= 0.6 is 0 Å². The van der Waals surface area contributed by atoms with E-state index in [9.17, 15) is 0 Å². The van der Waals surface area contributed by atoms with E-state index in [2.05, 4.69) is 35.0 Å². The van der Waals surface area contributed by atoms with Crippen LogP contribution in [0.1, 0.15) is 61.6 Å². The first-order valence-electron chi connectivity index (χ1n) is 7.77. The standard InChI is InChI=1S/C17H20N4O/c1-3-21(11-16-19-20-17(22-16)15-8-9-15)12(2)14-6-4-13(10-18)5-7-14/h4-7,12,15H,3,8-9,11H2,1-2H3/t12-/m1/s1. The van der Waals surface area contributed by atoms with Gasteiger partial charge in [-0.3, -0.25) is 4.90 Å². The van der Waals surface area contributed by atoms with E-state index in [4.69, 9.17) is 9.68 Å². The summed E-state index contributed by atoms with van der Waals surface area (Å²) in [6.45, 7) is 5.82. The molecule has 22 heavy (non-hydrogen) atoms. The van der Waals surface area contributed by atoms with Crippen molar-refractivity contribution in [1.29, 1.82) is 5.26 Å². The molecule has 5 heteroatoms. The summed E-state index contributed by atoms with van der Waals surface area (Å²) in [6.07, 6.45) is 2.33. The molecule has 1 fully saturated rings. The van der Waals surface area contributed by atoms with Crippen LogP contribution in [0.3, 0.4) is 0 Å². The maximum atomic E-state index is 8.88. The van der Waals surface area contributed by atoms with Gasteiger partial charge in [0.05, 0.1) is 18.2 Å². The zero-order valence-electron chi connectivity index (χ0n) is 13.0. The van der Waals surface area contributed by atoms with Gasteiger partial charge in [-0.15, -0.1) is 10.2 Å². The van der Waals surface area contributed by atoms with Gasteiger partial charge in [-0.2, -0.15) is 5.26 Å². The van der Waals surface area contributed by atoms with E-state index in [0.717, 1.165) is 12.4 Å². The average Bonchev–Trinajstić information content (AvgIpc) is 3.31. The van der Waals surface area contributed by atoms with E-state index in [1.165, 1.54) is 18.4 Å². The molecule has 1 aliphatic carbocycles. The lowest BCUT2D eigenvalue weighted by Gasteiger charge is -2.26. The monoisotopic (exact) mass is 296 g/mol. The van der Waals surface area contributed by atoms with Gasteiger partial charge in [-0.1, -0.05) is 19.1 Å². The van der Waals surface area contributed by atoms with Gasteiger partial charge < -0.3 is 4.42 Å². The molecule has 5 nitrogen and oxygen atoms in total. The molecular formula is C17H20N4O. The van der Waals surface area contributed by atoms with Crippen molar-refractivity contribution < 1.29 is 4.42 Å². The zero-order chi connectivity index (χ0) is 15.5. The predicted octanol–water partition coefficient (Wildman–Crippen LogP) is 3.40. The Labute approximate surface area is 130 Å². The number of hydrogen-bond donors (Lipinski definition) is 0. The quantitative estimate of drug-likeness (QED) is 0.817. The van der Waals surface area contributed by atoms with Crippen LogP contribution in [-0.4, -0.2) is 21.6 Å². The summed E-state index contributed by atoms with van der Waals surface area (Å²) >= 11 is 0. The molecule has 1 aromatic carbocycles. The van der Waals surface area contributed by atoms with Crippen molar-refractivity contribution in [2.75, 3.05) is 6.54 Å². The van der Waals surface area contributed by atoms with Crippen LogP contribution < -0.4 is 0 Å². The molecule has 3 rings (SSSR count). The van der Waals surface area contributed by atoms with E-state index in [0.29, 0.717) is 23.9 Å². The van der Waals surface area contributed by atoms with E-state index in [1.807, 2.05) is 24.3 Å². The SMILES string of the molecule is CCN(Cc1nnc(C2CC2)o1)[C@H](C)c1ccc(C#N)cc1. The molecule has 1 aliphatic rings. The lowest BCUT2D eigenvalue weighted by Crippen LogP contribution is -2.26. The largest absolute Gasteiger partial charge is 0.424 e. The number of rotatable bonds is 6. The van der Waals surface area contributed by atoms with E-state index in [1.54, 1.807) is 0 Å². The van der Waals surface area contributed by atoms with Gasteiger partial charge in [0.15, 0.2) is 0 Å². The fourth-order valence-corrected chi connectivity index (χ4v) is 2.57. The molecule has 0 spiro atoms. The Balaban J connectivity index is 1.69. The van der Waals surface area contributed by atoms with Crippen molar-refractivity contribution in [2.45, 2.75) is 45.2 Å². The summed E-state index contributed by atoms with van der Waals surface area (Å²) in [5.74, 6) is 1.97. The minimum Gasteiger partial charge on any atom is -0.424 e. The third-order valence-electron chi connectivity index (χ3n) is 4.22. The Kier molecular flexibility index (Phi) is 4.21. The average molecular weight is 296 g/mol. The summed E-state index contributed by atoms with van der Waals surface area (Å²) in [6, 6.07) is 10.1. The molecule has 0 aliphatic heterocycles. The molecule has 0 bridgehead atoms. The third-order valence-corrected chi connectivity index (χ3v) is 4.22. The number of nitrogens with zero attached hydrogens (tertiary/aromatic N) is 4. The van der Waals surface area contributed by atoms with Crippen molar-refractivity contribution in [3.8, 4) is 6.07 Å². The van der Waals surface area contributed by atoms with Crippen LogP contribution in [0.15, 0.2) is 28.7 Å². The Morgan fingerprint density at radius 2 is 2.05 bits per heavy atom. The Hall–Kier alpha value is -2.19. The van der Waals surface area contributed by atoms with Crippen LogP contribution in [0.4, 0.5) is 0 Å². The van der Waals surface area contributed by atoms with Crippen molar-refractivity contribution in [2.24, 2.45) is 0 Å². The summed E-state index contributed by atoms with van der Waals surface area (Å²) in [7, 11) is 0. The summed E-state index contributed by atoms with van der Waals surface area (Å²) in [4.78, 5) is 2.28. The highest BCUT2D eigenvalue weighted by molar-refractivity contribution is 5.32. The summed E-state index contributed by atoms with van der Waals surface area (Å²) in [5, 5.41) is 17.2.